The van der Waals surface area contributed by atoms with Gasteiger partial charge in [-0.25, -0.2) is 4.79 Å². The summed E-state index contributed by atoms with van der Waals surface area (Å²) in [7, 11) is 1.25. The SMILES string of the molecule is CCc1nnc(C)cc1-c1nnc(C(=O)OC)o1. The summed E-state index contributed by atoms with van der Waals surface area (Å²) in [6.07, 6.45) is 0.679. The second-order valence-corrected chi connectivity index (χ2v) is 3.60. The molecule has 0 aliphatic rings. The van der Waals surface area contributed by atoms with E-state index in [0.717, 1.165) is 11.4 Å². The number of esters is 1. The number of methoxy groups -OCH3 is 1. The highest BCUT2D eigenvalue weighted by Gasteiger charge is 2.18. The number of nitrogens with zero attached hydrogens (tertiary/aromatic N) is 4. The van der Waals surface area contributed by atoms with Gasteiger partial charge in [-0.1, -0.05) is 6.92 Å². The van der Waals surface area contributed by atoms with Crippen molar-refractivity contribution >= 4 is 5.97 Å². The summed E-state index contributed by atoms with van der Waals surface area (Å²) in [4.78, 5) is 11.2. The Morgan fingerprint density at radius 1 is 1.33 bits per heavy atom. The molecule has 0 unspecified atom stereocenters. The van der Waals surface area contributed by atoms with Crippen LogP contribution in [0.15, 0.2) is 10.5 Å². The molecule has 0 amide bonds. The summed E-state index contributed by atoms with van der Waals surface area (Å²) in [5, 5.41) is 15.5. The zero-order valence-corrected chi connectivity index (χ0v) is 10.3. The second kappa shape index (κ2) is 4.91. The molecule has 0 fully saturated rings. The minimum absolute atomic E-state index is 0.177. The van der Waals surface area contributed by atoms with Gasteiger partial charge in [0.15, 0.2) is 0 Å². The quantitative estimate of drug-likeness (QED) is 0.753. The number of rotatable bonds is 3. The van der Waals surface area contributed by atoms with E-state index in [1.165, 1.54) is 7.11 Å². The predicted molar refractivity (Wildman–Crippen MR) is 60.8 cm³/mol. The normalized spacial score (nSPS) is 10.4. The monoisotopic (exact) mass is 248 g/mol. The molecule has 94 valence electrons. The molecule has 0 bridgehead atoms. The number of hydrogen-bond donors (Lipinski definition) is 0. The average Bonchev–Trinajstić information content (AvgIpc) is 2.87. The van der Waals surface area contributed by atoms with Gasteiger partial charge in [-0.05, 0) is 19.4 Å². The maximum atomic E-state index is 11.2. The molecule has 0 aromatic carbocycles. The van der Waals surface area contributed by atoms with Crippen molar-refractivity contribution in [3.05, 3.63) is 23.3 Å². The van der Waals surface area contributed by atoms with Crippen molar-refractivity contribution in [2.75, 3.05) is 7.11 Å². The summed E-state index contributed by atoms with van der Waals surface area (Å²) < 4.78 is 9.76. The van der Waals surface area contributed by atoms with E-state index in [1.807, 2.05) is 13.8 Å². The molecule has 0 saturated heterocycles. The summed E-state index contributed by atoms with van der Waals surface area (Å²) >= 11 is 0. The van der Waals surface area contributed by atoms with E-state index in [9.17, 15) is 4.79 Å². The maximum Gasteiger partial charge on any atom is 0.396 e. The molecule has 2 heterocycles. The zero-order chi connectivity index (χ0) is 13.1. The lowest BCUT2D eigenvalue weighted by atomic mass is 10.1. The largest absolute Gasteiger partial charge is 0.462 e. The molecular formula is C11H12N4O3. The first-order valence-electron chi connectivity index (χ1n) is 5.41. The summed E-state index contributed by atoms with van der Waals surface area (Å²) in [5.74, 6) is -0.597. The molecule has 0 aliphatic carbocycles. The van der Waals surface area contributed by atoms with Gasteiger partial charge >= 0.3 is 11.9 Å². The van der Waals surface area contributed by atoms with Crippen molar-refractivity contribution in [1.29, 1.82) is 0 Å². The minimum atomic E-state index is -0.662. The van der Waals surface area contributed by atoms with Gasteiger partial charge in [-0.2, -0.15) is 10.2 Å². The molecular weight excluding hydrogens is 236 g/mol. The van der Waals surface area contributed by atoms with E-state index >= 15 is 0 Å². The lowest BCUT2D eigenvalue weighted by Crippen LogP contribution is -2.00. The molecule has 7 heteroatoms. The van der Waals surface area contributed by atoms with Crippen molar-refractivity contribution in [3.8, 4) is 11.5 Å². The Kier molecular flexibility index (Phi) is 3.31. The highest BCUT2D eigenvalue weighted by molar-refractivity contribution is 5.84. The summed E-state index contributed by atoms with van der Waals surface area (Å²) in [6, 6.07) is 1.79. The van der Waals surface area contributed by atoms with Crippen LogP contribution in [0.5, 0.6) is 0 Å². The smallest absolute Gasteiger partial charge is 0.396 e. The Bertz CT molecular complexity index is 579. The molecule has 2 aromatic rings. The molecule has 2 aromatic heterocycles. The number of aromatic nitrogens is 4. The van der Waals surface area contributed by atoms with Gasteiger partial charge in [0, 0.05) is 0 Å². The third kappa shape index (κ3) is 2.20. The number of hydrogen-bond acceptors (Lipinski definition) is 7. The highest BCUT2D eigenvalue weighted by Crippen LogP contribution is 2.21. The van der Waals surface area contributed by atoms with Crippen molar-refractivity contribution in [3.63, 3.8) is 0 Å². The second-order valence-electron chi connectivity index (χ2n) is 3.60. The van der Waals surface area contributed by atoms with Crippen molar-refractivity contribution in [2.45, 2.75) is 20.3 Å². The molecule has 0 atom stereocenters. The Hall–Kier alpha value is -2.31. The van der Waals surface area contributed by atoms with Gasteiger partial charge < -0.3 is 9.15 Å². The van der Waals surface area contributed by atoms with Crippen LogP contribution in [-0.4, -0.2) is 33.5 Å². The van der Waals surface area contributed by atoms with Gasteiger partial charge in [0.25, 0.3) is 0 Å². The van der Waals surface area contributed by atoms with E-state index in [2.05, 4.69) is 25.1 Å². The summed E-state index contributed by atoms with van der Waals surface area (Å²) in [5.41, 5.74) is 2.16. The first-order chi connectivity index (χ1) is 8.65. The standard InChI is InChI=1S/C11H12N4O3/c1-4-8-7(5-6(2)12-13-8)9-14-15-10(18-9)11(16)17-3/h5H,4H2,1-3H3. The molecule has 18 heavy (non-hydrogen) atoms. The van der Waals surface area contributed by atoms with Crippen LogP contribution in [0.2, 0.25) is 0 Å². The highest BCUT2D eigenvalue weighted by atomic mass is 16.5. The van der Waals surface area contributed by atoms with Crippen LogP contribution in [0.1, 0.15) is 29.0 Å². The first-order valence-corrected chi connectivity index (χ1v) is 5.41. The number of ether oxygens (including phenoxy) is 1. The van der Waals surface area contributed by atoms with Gasteiger partial charge in [-0.15, -0.1) is 10.2 Å². The Morgan fingerprint density at radius 3 is 2.78 bits per heavy atom. The Balaban J connectivity index is 2.45. The summed E-state index contributed by atoms with van der Waals surface area (Å²) in [6.45, 7) is 3.76. The van der Waals surface area contributed by atoms with E-state index in [0.29, 0.717) is 12.0 Å². The lowest BCUT2D eigenvalue weighted by molar-refractivity contribution is 0.0556. The Morgan fingerprint density at radius 2 is 2.11 bits per heavy atom. The molecule has 0 spiro atoms. The fourth-order valence-corrected chi connectivity index (χ4v) is 1.46. The van der Waals surface area contributed by atoms with E-state index < -0.39 is 5.97 Å². The van der Waals surface area contributed by atoms with Crippen LogP contribution < -0.4 is 0 Å². The molecule has 2 rings (SSSR count). The fourth-order valence-electron chi connectivity index (χ4n) is 1.46. The van der Waals surface area contributed by atoms with Gasteiger partial charge in [-0.3, -0.25) is 0 Å². The van der Waals surface area contributed by atoms with Gasteiger partial charge in [0.2, 0.25) is 5.89 Å². The maximum absolute atomic E-state index is 11.2. The average molecular weight is 248 g/mol. The van der Waals surface area contributed by atoms with Crippen LogP contribution in [-0.2, 0) is 11.2 Å². The third-order valence-electron chi connectivity index (χ3n) is 2.34. The topological polar surface area (TPSA) is 91.0 Å². The first kappa shape index (κ1) is 12.2. The molecule has 0 saturated carbocycles. The van der Waals surface area contributed by atoms with Gasteiger partial charge in [0.05, 0.1) is 24.1 Å². The van der Waals surface area contributed by atoms with E-state index in [4.69, 9.17) is 4.42 Å². The van der Waals surface area contributed by atoms with Crippen LogP contribution in [0.3, 0.4) is 0 Å². The Labute approximate surface area is 103 Å². The van der Waals surface area contributed by atoms with E-state index in [-0.39, 0.29) is 11.8 Å². The van der Waals surface area contributed by atoms with E-state index in [1.54, 1.807) is 6.07 Å². The molecule has 0 N–H and O–H groups in total. The third-order valence-corrected chi connectivity index (χ3v) is 2.34. The fraction of sp³-hybridized carbons (Fsp3) is 0.364. The molecule has 0 aliphatic heterocycles. The number of carbonyl (C=O) groups is 1. The van der Waals surface area contributed by atoms with Crippen molar-refractivity contribution < 1.29 is 13.9 Å². The van der Waals surface area contributed by atoms with Crippen molar-refractivity contribution in [1.82, 2.24) is 20.4 Å². The van der Waals surface area contributed by atoms with Crippen molar-refractivity contribution in [2.24, 2.45) is 0 Å². The van der Waals surface area contributed by atoms with Crippen LogP contribution >= 0.6 is 0 Å². The number of carbonyl (C=O) groups excluding carboxylic acids is 1. The lowest BCUT2D eigenvalue weighted by Gasteiger charge is -2.02. The molecule has 7 nitrogen and oxygen atoms in total. The number of aryl methyl sites for hydroxylation is 2. The van der Waals surface area contributed by atoms with Crippen LogP contribution in [0.4, 0.5) is 0 Å². The van der Waals surface area contributed by atoms with Gasteiger partial charge in [0.1, 0.15) is 0 Å². The predicted octanol–water partition coefficient (Wildman–Crippen LogP) is 1.18. The molecule has 0 radical (unpaired) electrons. The van der Waals surface area contributed by atoms with Crippen LogP contribution in [0, 0.1) is 6.92 Å². The zero-order valence-electron chi connectivity index (χ0n) is 10.3. The minimum Gasteiger partial charge on any atom is -0.462 e. The van der Waals surface area contributed by atoms with Crippen LogP contribution in [0.25, 0.3) is 11.5 Å².